The molecule has 0 fully saturated rings. The molecule has 3 aromatic carbocycles. The van der Waals surface area contributed by atoms with Gasteiger partial charge in [-0.1, -0.05) is 80.9 Å². The third-order valence-corrected chi connectivity index (χ3v) is 7.01. The molecular weight excluding hydrogens is 336 g/mol. The van der Waals surface area contributed by atoms with E-state index in [-0.39, 0.29) is 0 Å². The van der Waals surface area contributed by atoms with E-state index in [9.17, 15) is 0 Å². The maximum Gasteiger partial charge on any atom is 0.0325 e. The molecule has 0 amide bonds. The zero-order valence-electron chi connectivity index (χ0n) is 13.2. The van der Waals surface area contributed by atoms with Crippen LogP contribution in [0.4, 0.5) is 0 Å². The van der Waals surface area contributed by atoms with Gasteiger partial charge in [0, 0.05) is 19.6 Å². The Balaban J connectivity index is 1.72. The van der Waals surface area contributed by atoms with Gasteiger partial charge >= 0.3 is 0 Å². The lowest BCUT2D eigenvalue weighted by molar-refractivity contribution is 1.25. The van der Waals surface area contributed by atoms with Crippen LogP contribution in [0, 0.1) is 13.8 Å². The number of aryl methyl sites for hydroxylation is 2. The first kappa shape index (κ1) is 16.6. The Bertz CT molecular complexity index is 762. The predicted molar refractivity (Wildman–Crippen MR) is 105 cm³/mol. The van der Waals surface area contributed by atoms with Gasteiger partial charge in [-0.25, -0.2) is 0 Å². The SMILES string of the molecule is Cc1ccc(SSc2ccccc2Sc2ccc(C)cc2)cc1. The molecule has 0 aromatic heterocycles. The lowest BCUT2D eigenvalue weighted by atomic mass is 10.2. The molecule has 0 atom stereocenters. The summed E-state index contributed by atoms with van der Waals surface area (Å²) in [6.07, 6.45) is 0. The van der Waals surface area contributed by atoms with Gasteiger partial charge in [-0.3, -0.25) is 0 Å². The minimum Gasteiger partial charge on any atom is -0.0889 e. The van der Waals surface area contributed by atoms with Crippen molar-refractivity contribution in [2.45, 2.75) is 33.4 Å². The summed E-state index contributed by atoms with van der Waals surface area (Å²) in [6, 6.07) is 26.0. The molecule has 116 valence electrons. The summed E-state index contributed by atoms with van der Waals surface area (Å²) >= 11 is 1.83. The zero-order chi connectivity index (χ0) is 16.1. The minimum absolute atomic E-state index is 1.28. The zero-order valence-corrected chi connectivity index (χ0v) is 15.6. The van der Waals surface area contributed by atoms with Gasteiger partial charge in [0.1, 0.15) is 0 Å². The summed E-state index contributed by atoms with van der Waals surface area (Å²) < 4.78 is 0. The van der Waals surface area contributed by atoms with E-state index >= 15 is 0 Å². The molecule has 0 bridgehead atoms. The van der Waals surface area contributed by atoms with Gasteiger partial charge in [0.2, 0.25) is 0 Å². The number of benzene rings is 3. The summed E-state index contributed by atoms with van der Waals surface area (Å²) in [4.78, 5) is 5.18. The van der Waals surface area contributed by atoms with Crippen LogP contribution in [0.3, 0.4) is 0 Å². The first-order valence-electron chi connectivity index (χ1n) is 7.45. The number of rotatable bonds is 5. The molecule has 3 rings (SSSR count). The highest BCUT2D eigenvalue weighted by molar-refractivity contribution is 8.76. The van der Waals surface area contributed by atoms with E-state index in [0.717, 1.165) is 0 Å². The molecule has 0 nitrogen and oxygen atoms in total. The fourth-order valence-electron chi connectivity index (χ4n) is 2.02. The minimum atomic E-state index is 1.28. The van der Waals surface area contributed by atoms with E-state index in [0.29, 0.717) is 0 Å². The largest absolute Gasteiger partial charge is 0.0889 e. The average Bonchev–Trinajstić information content (AvgIpc) is 2.58. The van der Waals surface area contributed by atoms with Crippen LogP contribution in [0.1, 0.15) is 11.1 Å². The van der Waals surface area contributed by atoms with Crippen LogP contribution in [-0.2, 0) is 0 Å². The van der Waals surface area contributed by atoms with Crippen molar-refractivity contribution in [3.8, 4) is 0 Å². The molecule has 0 unspecified atom stereocenters. The Labute approximate surface area is 150 Å². The monoisotopic (exact) mass is 354 g/mol. The third-order valence-electron chi connectivity index (χ3n) is 3.35. The first-order chi connectivity index (χ1) is 11.2. The van der Waals surface area contributed by atoms with Gasteiger partial charge in [0.15, 0.2) is 0 Å². The molecule has 0 heterocycles. The molecule has 0 spiro atoms. The molecule has 3 aromatic rings. The molecule has 0 saturated carbocycles. The van der Waals surface area contributed by atoms with Crippen molar-refractivity contribution < 1.29 is 0 Å². The fraction of sp³-hybridized carbons (Fsp3) is 0.100. The van der Waals surface area contributed by atoms with Gasteiger partial charge in [0.25, 0.3) is 0 Å². The highest BCUT2D eigenvalue weighted by Gasteiger charge is 2.06. The van der Waals surface area contributed by atoms with Crippen LogP contribution < -0.4 is 0 Å². The van der Waals surface area contributed by atoms with Gasteiger partial charge in [-0.05, 0) is 50.2 Å². The molecule has 0 N–H and O–H groups in total. The van der Waals surface area contributed by atoms with E-state index in [1.807, 2.05) is 33.3 Å². The molecule has 0 aliphatic carbocycles. The second kappa shape index (κ2) is 8.00. The van der Waals surface area contributed by atoms with Crippen LogP contribution in [0.2, 0.25) is 0 Å². The molecule has 0 saturated heterocycles. The van der Waals surface area contributed by atoms with Crippen molar-refractivity contribution in [1.82, 2.24) is 0 Å². The van der Waals surface area contributed by atoms with Crippen LogP contribution in [0.25, 0.3) is 0 Å². The smallest absolute Gasteiger partial charge is 0.0325 e. The summed E-state index contributed by atoms with van der Waals surface area (Å²) in [5.41, 5.74) is 2.60. The quantitative estimate of drug-likeness (QED) is 0.443. The van der Waals surface area contributed by atoms with Crippen molar-refractivity contribution in [1.29, 1.82) is 0 Å². The van der Waals surface area contributed by atoms with Gasteiger partial charge < -0.3 is 0 Å². The number of hydrogen-bond donors (Lipinski definition) is 0. The van der Waals surface area contributed by atoms with Crippen LogP contribution in [0.15, 0.2) is 92.4 Å². The fourth-order valence-corrected chi connectivity index (χ4v) is 5.32. The van der Waals surface area contributed by atoms with Gasteiger partial charge in [0.05, 0.1) is 0 Å². The molecule has 0 radical (unpaired) electrons. The Hall–Kier alpha value is -1.29. The van der Waals surface area contributed by atoms with E-state index in [1.54, 1.807) is 0 Å². The Kier molecular flexibility index (Phi) is 5.76. The topological polar surface area (TPSA) is 0 Å². The average molecular weight is 355 g/mol. The maximum atomic E-state index is 2.20. The van der Waals surface area contributed by atoms with Gasteiger partial charge in [-0.15, -0.1) is 0 Å². The Morgan fingerprint density at radius 1 is 0.522 bits per heavy atom. The highest BCUT2D eigenvalue weighted by atomic mass is 33.1. The van der Waals surface area contributed by atoms with E-state index in [2.05, 4.69) is 86.6 Å². The third kappa shape index (κ3) is 4.84. The lowest BCUT2D eigenvalue weighted by Crippen LogP contribution is -1.79. The first-order valence-corrected chi connectivity index (χ1v) is 10.4. The Morgan fingerprint density at radius 2 is 1.04 bits per heavy atom. The lowest BCUT2D eigenvalue weighted by Gasteiger charge is -2.08. The van der Waals surface area contributed by atoms with Crippen LogP contribution >= 0.6 is 33.3 Å². The molecule has 23 heavy (non-hydrogen) atoms. The molecule has 0 aliphatic rings. The van der Waals surface area contributed by atoms with Gasteiger partial charge in [-0.2, -0.15) is 0 Å². The summed E-state index contributed by atoms with van der Waals surface area (Å²) in [7, 11) is 3.64. The molecule has 3 heteroatoms. The van der Waals surface area contributed by atoms with E-state index in [1.165, 1.54) is 30.7 Å². The molecular formula is C20H18S3. The summed E-state index contributed by atoms with van der Waals surface area (Å²) in [6.45, 7) is 4.24. The van der Waals surface area contributed by atoms with Crippen molar-refractivity contribution in [3.63, 3.8) is 0 Å². The number of hydrogen-bond acceptors (Lipinski definition) is 3. The van der Waals surface area contributed by atoms with Crippen LogP contribution in [-0.4, -0.2) is 0 Å². The maximum absolute atomic E-state index is 2.20. The van der Waals surface area contributed by atoms with Crippen molar-refractivity contribution in [2.75, 3.05) is 0 Å². The van der Waals surface area contributed by atoms with E-state index < -0.39 is 0 Å². The van der Waals surface area contributed by atoms with Crippen molar-refractivity contribution in [2.24, 2.45) is 0 Å². The van der Waals surface area contributed by atoms with Crippen LogP contribution in [0.5, 0.6) is 0 Å². The summed E-state index contributed by atoms with van der Waals surface area (Å²) in [5.74, 6) is 0. The van der Waals surface area contributed by atoms with Crippen molar-refractivity contribution >= 4 is 33.3 Å². The second-order valence-electron chi connectivity index (χ2n) is 5.34. The molecule has 0 aliphatic heterocycles. The second-order valence-corrected chi connectivity index (χ2v) is 8.70. The standard InChI is InChI=1S/C20H18S3/c1-15-7-11-17(12-8-15)21-19-5-3-4-6-20(19)23-22-18-13-9-16(2)10-14-18/h3-14H,1-2H3. The Morgan fingerprint density at radius 3 is 1.65 bits per heavy atom. The summed E-state index contributed by atoms with van der Waals surface area (Å²) in [5, 5.41) is 0. The normalized spacial score (nSPS) is 10.7. The highest BCUT2D eigenvalue weighted by Crippen LogP contribution is 2.43. The van der Waals surface area contributed by atoms with E-state index in [4.69, 9.17) is 0 Å². The van der Waals surface area contributed by atoms with Crippen molar-refractivity contribution in [3.05, 3.63) is 83.9 Å². The predicted octanol–water partition coefficient (Wildman–Crippen LogP) is 7.25.